The highest BCUT2D eigenvalue weighted by Gasteiger charge is 2.52. The number of aliphatic hydroxyl groups is 1. The number of hydrogen-bond donors (Lipinski definition) is 3. The van der Waals surface area contributed by atoms with Gasteiger partial charge in [-0.05, 0) is 56.5 Å². The minimum Gasteiger partial charge on any atom is -0.497 e. The molecule has 0 bridgehead atoms. The number of hydrogen-bond acceptors (Lipinski definition) is 6. The number of rotatable bonds is 8. The van der Waals surface area contributed by atoms with E-state index in [1.807, 2.05) is 0 Å². The SMILES string of the molecule is COc1ccc(N2C(=O)Nc3ccccc3[C@@]2(O)C(=O)NCCCN2CCC[C@@H](C)C2)c(OC)c1. The maximum Gasteiger partial charge on any atom is 0.329 e. The summed E-state index contributed by atoms with van der Waals surface area (Å²) in [6, 6.07) is 10.9. The molecule has 9 nitrogen and oxygen atoms in total. The first kappa shape index (κ1) is 24.8. The Hall–Kier alpha value is -3.30. The van der Waals surface area contributed by atoms with Gasteiger partial charge in [0.25, 0.3) is 11.6 Å². The Morgan fingerprint density at radius 3 is 2.77 bits per heavy atom. The van der Waals surface area contributed by atoms with Crippen LogP contribution in [0.15, 0.2) is 42.5 Å². The largest absolute Gasteiger partial charge is 0.497 e. The molecule has 9 heteroatoms. The fourth-order valence-electron chi connectivity index (χ4n) is 4.93. The number of carbonyl (C=O) groups excluding carboxylic acids is 2. The summed E-state index contributed by atoms with van der Waals surface area (Å²) in [5, 5.41) is 17.6. The summed E-state index contributed by atoms with van der Waals surface area (Å²) in [4.78, 5) is 30.3. The molecule has 3 amide bonds. The molecular formula is C26H34N4O5. The molecule has 1 saturated heterocycles. The number of anilines is 2. The van der Waals surface area contributed by atoms with Crippen LogP contribution in [0, 0.1) is 5.92 Å². The first-order chi connectivity index (χ1) is 16.9. The summed E-state index contributed by atoms with van der Waals surface area (Å²) in [6.45, 7) is 5.65. The number of piperidine rings is 1. The Kier molecular flexibility index (Phi) is 7.47. The van der Waals surface area contributed by atoms with Crippen molar-refractivity contribution >= 4 is 23.3 Å². The van der Waals surface area contributed by atoms with Crippen molar-refractivity contribution in [1.29, 1.82) is 0 Å². The van der Waals surface area contributed by atoms with E-state index in [4.69, 9.17) is 9.47 Å². The van der Waals surface area contributed by atoms with Gasteiger partial charge in [-0.25, -0.2) is 9.69 Å². The van der Waals surface area contributed by atoms with Gasteiger partial charge in [0.05, 0.1) is 25.6 Å². The summed E-state index contributed by atoms with van der Waals surface area (Å²) in [5.74, 6) is 0.807. The van der Waals surface area contributed by atoms with Crippen LogP contribution in [0.4, 0.5) is 16.2 Å². The number of amides is 3. The van der Waals surface area contributed by atoms with Crippen molar-refractivity contribution in [2.45, 2.75) is 31.9 Å². The normalized spacial score (nSPS) is 22.2. The number of nitrogens with one attached hydrogen (secondary N) is 2. The van der Waals surface area contributed by atoms with Gasteiger partial charge in [-0.15, -0.1) is 0 Å². The highest BCUT2D eigenvalue weighted by atomic mass is 16.5. The Morgan fingerprint density at radius 1 is 1.23 bits per heavy atom. The molecule has 2 aliphatic heterocycles. The standard InChI is InChI=1S/C26H34N4O5/c1-18-8-6-14-29(17-18)15-7-13-27-24(31)26(33)20-9-4-5-10-21(20)28-25(32)30(26)22-12-11-19(34-2)16-23(22)35-3/h4-5,9-12,16,18,33H,6-8,13-15,17H2,1-3H3,(H,27,31)(H,28,32)/t18-,26-/m1/s1. The lowest BCUT2D eigenvalue weighted by molar-refractivity contribution is -0.140. The maximum absolute atomic E-state index is 13.6. The van der Waals surface area contributed by atoms with E-state index in [-0.39, 0.29) is 17.0 Å². The molecule has 2 atom stereocenters. The molecule has 4 rings (SSSR count). The maximum atomic E-state index is 13.6. The molecule has 35 heavy (non-hydrogen) atoms. The molecule has 0 aromatic heterocycles. The molecule has 0 unspecified atom stereocenters. The van der Waals surface area contributed by atoms with E-state index in [0.29, 0.717) is 23.9 Å². The molecule has 2 aromatic carbocycles. The third kappa shape index (κ3) is 4.92. The zero-order chi connectivity index (χ0) is 25.0. The van der Waals surface area contributed by atoms with Gasteiger partial charge in [0, 0.05) is 24.7 Å². The molecule has 2 aliphatic rings. The van der Waals surface area contributed by atoms with Crippen LogP contribution in [0.3, 0.4) is 0 Å². The quantitative estimate of drug-likeness (QED) is 0.500. The van der Waals surface area contributed by atoms with E-state index in [0.717, 1.165) is 31.0 Å². The average Bonchev–Trinajstić information content (AvgIpc) is 2.86. The zero-order valence-corrected chi connectivity index (χ0v) is 20.5. The predicted octanol–water partition coefficient (Wildman–Crippen LogP) is 3.14. The Labute approximate surface area is 206 Å². The molecule has 0 radical (unpaired) electrons. The molecular weight excluding hydrogens is 448 g/mol. The van der Waals surface area contributed by atoms with E-state index in [1.165, 1.54) is 27.1 Å². The van der Waals surface area contributed by atoms with Crippen LogP contribution in [0.1, 0.15) is 31.7 Å². The molecule has 3 N–H and O–H groups in total. The summed E-state index contributed by atoms with van der Waals surface area (Å²) in [6.07, 6.45) is 3.19. The molecule has 2 aromatic rings. The number of benzene rings is 2. The first-order valence-electron chi connectivity index (χ1n) is 12.0. The molecule has 0 aliphatic carbocycles. The second-order valence-corrected chi connectivity index (χ2v) is 9.18. The number of para-hydroxylation sites is 1. The van der Waals surface area contributed by atoms with E-state index < -0.39 is 17.7 Å². The third-order valence-electron chi connectivity index (χ3n) is 6.69. The lowest BCUT2D eigenvalue weighted by Crippen LogP contribution is -2.62. The smallest absolute Gasteiger partial charge is 0.329 e. The highest BCUT2D eigenvalue weighted by Crippen LogP contribution is 2.43. The van der Waals surface area contributed by atoms with Crippen molar-refractivity contribution < 1.29 is 24.2 Å². The lowest BCUT2D eigenvalue weighted by Gasteiger charge is -2.43. The van der Waals surface area contributed by atoms with Crippen molar-refractivity contribution in [3.63, 3.8) is 0 Å². The molecule has 0 spiro atoms. The van der Waals surface area contributed by atoms with Crippen molar-refractivity contribution in [3.8, 4) is 11.5 Å². The van der Waals surface area contributed by atoms with Crippen LogP contribution in [-0.4, -0.2) is 62.3 Å². The van der Waals surface area contributed by atoms with Gasteiger partial charge in [0.2, 0.25) is 0 Å². The fraction of sp³-hybridized carbons (Fsp3) is 0.462. The highest BCUT2D eigenvalue weighted by molar-refractivity contribution is 6.12. The number of likely N-dealkylation sites (tertiary alicyclic amines) is 1. The van der Waals surface area contributed by atoms with Gasteiger partial charge >= 0.3 is 6.03 Å². The number of carbonyl (C=O) groups is 2. The number of methoxy groups -OCH3 is 2. The van der Waals surface area contributed by atoms with E-state index >= 15 is 0 Å². The van der Waals surface area contributed by atoms with Crippen LogP contribution in [0.5, 0.6) is 11.5 Å². The van der Waals surface area contributed by atoms with Gasteiger partial charge in [-0.2, -0.15) is 0 Å². The lowest BCUT2D eigenvalue weighted by atomic mass is 9.94. The minimum atomic E-state index is -2.28. The Bertz CT molecular complexity index is 1080. The summed E-state index contributed by atoms with van der Waals surface area (Å²) in [5.41, 5.74) is -1.39. The van der Waals surface area contributed by atoms with Crippen LogP contribution in [-0.2, 0) is 10.5 Å². The number of nitrogens with zero attached hydrogens (tertiary/aromatic N) is 2. The van der Waals surface area contributed by atoms with Crippen molar-refractivity contribution in [3.05, 3.63) is 48.0 Å². The van der Waals surface area contributed by atoms with Crippen molar-refractivity contribution in [2.75, 3.05) is 50.6 Å². The average molecular weight is 483 g/mol. The minimum absolute atomic E-state index is 0.236. The summed E-state index contributed by atoms with van der Waals surface area (Å²) < 4.78 is 10.7. The number of fused-ring (bicyclic) bond motifs is 1. The zero-order valence-electron chi connectivity index (χ0n) is 20.5. The molecule has 0 saturated carbocycles. The second kappa shape index (κ2) is 10.5. The molecule has 2 heterocycles. The second-order valence-electron chi connectivity index (χ2n) is 9.18. The van der Waals surface area contributed by atoms with Gasteiger partial charge in [0.15, 0.2) is 0 Å². The fourth-order valence-corrected chi connectivity index (χ4v) is 4.93. The van der Waals surface area contributed by atoms with E-state index in [2.05, 4.69) is 22.5 Å². The van der Waals surface area contributed by atoms with Crippen LogP contribution < -0.4 is 25.0 Å². The van der Waals surface area contributed by atoms with E-state index in [9.17, 15) is 14.7 Å². The first-order valence-corrected chi connectivity index (χ1v) is 12.0. The van der Waals surface area contributed by atoms with Gasteiger partial charge in [-0.1, -0.05) is 25.1 Å². The van der Waals surface area contributed by atoms with E-state index in [1.54, 1.807) is 42.5 Å². The number of ether oxygens (including phenoxy) is 2. The van der Waals surface area contributed by atoms with Gasteiger partial charge in [-0.3, -0.25) is 4.79 Å². The summed E-state index contributed by atoms with van der Waals surface area (Å²) >= 11 is 0. The Balaban J connectivity index is 1.60. The van der Waals surface area contributed by atoms with Crippen molar-refractivity contribution in [1.82, 2.24) is 10.2 Å². The Morgan fingerprint density at radius 2 is 2.03 bits per heavy atom. The number of urea groups is 1. The molecule has 188 valence electrons. The van der Waals surface area contributed by atoms with Gasteiger partial charge < -0.3 is 30.1 Å². The van der Waals surface area contributed by atoms with Crippen LogP contribution in [0.25, 0.3) is 0 Å². The van der Waals surface area contributed by atoms with Crippen molar-refractivity contribution in [2.24, 2.45) is 5.92 Å². The monoisotopic (exact) mass is 482 g/mol. The third-order valence-corrected chi connectivity index (χ3v) is 6.69. The molecule has 1 fully saturated rings. The van der Waals surface area contributed by atoms with Crippen LogP contribution >= 0.6 is 0 Å². The predicted molar refractivity (Wildman–Crippen MR) is 134 cm³/mol. The summed E-state index contributed by atoms with van der Waals surface area (Å²) in [7, 11) is 2.97. The van der Waals surface area contributed by atoms with Crippen LogP contribution in [0.2, 0.25) is 0 Å². The van der Waals surface area contributed by atoms with Gasteiger partial charge in [0.1, 0.15) is 11.5 Å². The topological polar surface area (TPSA) is 103 Å².